The number of likely N-dealkylation sites (tertiary alicyclic amines) is 1. The average Bonchev–Trinajstić information content (AvgIpc) is 2.48. The van der Waals surface area contributed by atoms with Crippen molar-refractivity contribution in [1.29, 1.82) is 0 Å². The van der Waals surface area contributed by atoms with Crippen LogP contribution in [-0.4, -0.2) is 37.2 Å². The molecule has 1 aliphatic heterocycles. The van der Waals surface area contributed by atoms with E-state index in [-0.39, 0.29) is 11.9 Å². The number of hydrogen-bond donors (Lipinski definition) is 1. The van der Waals surface area contributed by atoms with E-state index in [1.54, 1.807) is 0 Å². The van der Waals surface area contributed by atoms with E-state index < -0.39 is 0 Å². The Labute approximate surface area is 74.7 Å². The average molecular weight is 168 g/mol. The minimum atomic E-state index is -0.287. The van der Waals surface area contributed by atoms with Crippen LogP contribution in [0.3, 0.4) is 0 Å². The summed E-state index contributed by atoms with van der Waals surface area (Å²) in [4.78, 5) is 13.5. The van der Waals surface area contributed by atoms with Gasteiger partial charge in [0.05, 0.1) is 6.04 Å². The molecule has 1 rings (SSSR count). The van der Waals surface area contributed by atoms with Crippen LogP contribution >= 0.6 is 0 Å². The number of nitrogens with zero attached hydrogens (tertiary/aromatic N) is 1. The fraction of sp³-hybridized carbons (Fsp3) is 0.875. The van der Waals surface area contributed by atoms with Crippen LogP contribution in [0.2, 0.25) is 0 Å². The molecule has 0 bridgehead atoms. The standard InChI is InChI=1S/C8H17BN2O/c1-2-6(10)8(12)11-5-3-4-7(11)9/h6-7H,2-5,9-10H2,1H3. The summed E-state index contributed by atoms with van der Waals surface area (Å²) >= 11 is 0. The van der Waals surface area contributed by atoms with Gasteiger partial charge in [-0.25, -0.2) is 0 Å². The third-order valence-electron chi connectivity index (χ3n) is 2.59. The Morgan fingerprint density at radius 1 is 1.83 bits per heavy atom. The van der Waals surface area contributed by atoms with Crippen molar-refractivity contribution in [3.63, 3.8) is 0 Å². The lowest BCUT2D eigenvalue weighted by atomic mass is 9.93. The Morgan fingerprint density at radius 3 is 2.92 bits per heavy atom. The molecular weight excluding hydrogens is 151 g/mol. The molecule has 0 saturated carbocycles. The first-order valence-corrected chi connectivity index (χ1v) is 4.73. The Bertz CT molecular complexity index is 174. The molecule has 1 saturated heterocycles. The molecule has 0 radical (unpaired) electrons. The molecule has 0 aromatic carbocycles. The molecule has 3 nitrogen and oxygen atoms in total. The van der Waals surface area contributed by atoms with Gasteiger partial charge in [0.1, 0.15) is 7.85 Å². The third kappa shape index (κ3) is 1.80. The van der Waals surface area contributed by atoms with Crippen LogP contribution < -0.4 is 5.73 Å². The zero-order valence-corrected chi connectivity index (χ0v) is 7.92. The molecule has 0 aliphatic carbocycles. The van der Waals surface area contributed by atoms with Gasteiger partial charge in [0, 0.05) is 6.54 Å². The van der Waals surface area contributed by atoms with Crippen LogP contribution in [0.5, 0.6) is 0 Å². The molecular formula is C8H17BN2O. The highest BCUT2D eigenvalue weighted by Gasteiger charge is 2.27. The van der Waals surface area contributed by atoms with Crippen molar-refractivity contribution in [2.24, 2.45) is 5.73 Å². The molecule has 0 aromatic rings. The summed E-state index contributed by atoms with van der Waals surface area (Å²) in [7, 11) is 2.09. The van der Waals surface area contributed by atoms with Gasteiger partial charge in [-0.3, -0.25) is 4.79 Å². The highest BCUT2D eigenvalue weighted by Crippen LogP contribution is 2.15. The molecule has 4 heteroatoms. The number of nitrogens with two attached hydrogens (primary N) is 1. The number of hydrogen-bond acceptors (Lipinski definition) is 2. The summed E-state index contributed by atoms with van der Waals surface area (Å²) in [5, 5.41) is 0. The molecule has 0 aromatic heterocycles. The predicted octanol–water partition coefficient (Wildman–Crippen LogP) is -0.695. The first kappa shape index (κ1) is 9.58. The molecule has 1 aliphatic rings. The quantitative estimate of drug-likeness (QED) is 0.554. The maximum atomic E-state index is 11.6. The molecule has 12 heavy (non-hydrogen) atoms. The maximum Gasteiger partial charge on any atom is 0.239 e. The normalized spacial score (nSPS) is 25.8. The van der Waals surface area contributed by atoms with Crippen molar-refractivity contribution in [2.45, 2.75) is 38.2 Å². The highest BCUT2D eigenvalue weighted by atomic mass is 16.2. The smallest absolute Gasteiger partial charge is 0.239 e. The van der Waals surface area contributed by atoms with Crippen LogP contribution in [0.4, 0.5) is 0 Å². The monoisotopic (exact) mass is 168 g/mol. The zero-order valence-electron chi connectivity index (χ0n) is 7.92. The molecule has 1 fully saturated rings. The molecule has 0 spiro atoms. The largest absolute Gasteiger partial charge is 0.347 e. The third-order valence-corrected chi connectivity index (χ3v) is 2.59. The molecule has 1 amide bonds. The van der Waals surface area contributed by atoms with E-state index in [0.29, 0.717) is 5.94 Å². The number of carbonyl (C=O) groups is 1. The highest BCUT2D eigenvalue weighted by molar-refractivity contribution is 6.13. The lowest BCUT2D eigenvalue weighted by molar-refractivity contribution is -0.132. The van der Waals surface area contributed by atoms with Crippen molar-refractivity contribution in [3.05, 3.63) is 0 Å². The van der Waals surface area contributed by atoms with Crippen LogP contribution in [0.25, 0.3) is 0 Å². The second kappa shape index (κ2) is 3.94. The number of carbonyl (C=O) groups excluding carboxylic acids is 1. The lowest BCUT2D eigenvalue weighted by Crippen LogP contribution is -2.45. The van der Waals surface area contributed by atoms with E-state index in [1.165, 1.54) is 0 Å². The van der Waals surface area contributed by atoms with Gasteiger partial charge in [-0.15, -0.1) is 0 Å². The fourth-order valence-electron chi connectivity index (χ4n) is 1.65. The van der Waals surface area contributed by atoms with Gasteiger partial charge in [-0.1, -0.05) is 6.92 Å². The molecule has 2 N–H and O–H groups in total. The second-order valence-corrected chi connectivity index (χ2v) is 3.54. The van der Waals surface area contributed by atoms with Crippen molar-refractivity contribution in [1.82, 2.24) is 4.90 Å². The van der Waals surface area contributed by atoms with E-state index in [2.05, 4.69) is 7.85 Å². The van der Waals surface area contributed by atoms with Crippen molar-refractivity contribution in [3.8, 4) is 0 Å². The maximum absolute atomic E-state index is 11.6. The SMILES string of the molecule is BC1CCCN1C(=O)C(N)CC. The summed E-state index contributed by atoms with van der Waals surface area (Å²) in [6.07, 6.45) is 2.99. The van der Waals surface area contributed by atoms with Crippen molar-refractivity contribution < 1.29 is 4.79 Å². The van der Waals surface area contributed by atoms with E-state index in [1.807, 2.05) is 11.8 Å². The van der Waals surface area contributed by atoms with E-state index >= 15 is 0 Å². The molecule has 2 atom stereocenters. The van der Waals surface area contributed by atoms with Gasteiger partial charge in [-0.2, -0.15) is 0 Å². The van der Waals surface area contributed by atoms with Gasteiger partial charge < -0.3 is 10.6 Å². The Morgan fingerprint density at radius 2 is 2.50 bits per heavy atom. The summed E-state index contributed by atoms with van der Waals surface area (Å²) in [6, 6.07) is -0.287. The molecule has 2 unspecified atom stereocenters. The summed E-state index contributed by atoms with van der Waals surface area (Å²) in [6.45, 7) is 2.84. The topological polar surface area (TPSA) is 46.3 Å². The van der Waals surface area contributed by atoms with Gasteiger partial charge >= 0.3 is 0 Å². The van der Waals surface area contributed by atoms with Gasteiger partial charge in [0.25, 0.3) is 0 Å². The second-order valence-electron chi connectivity index (χ2n) is 3.54. The van der Waals surface area contributed by atoms with Crippen LogP contribution in [0.15, 0.2) is 0 Å². The minimum absolute atomic E-state index is 0.127. The molecule has 1 heterocycles. The molecule has 68 valence electrons. The van der Waals surface area contributed by atoms with Crippen molar-refractivity contribution in [2.75, 3.05) is 6.54 Å². The van der Waals surface area contributed by atoms with E-state index in [4.69, 9.17) is 5.73 Å². The zero-order chi connectivity index (χ0) is 9.14. The van der Waals surface area contributed by atoms with E-state index in [9.17, 15) is 4.79 Å². The van der Waals surface area contributed by atoms with Crippen LogP contribution in [0, 0.1) is 0 Å². The van der Waals surface area contributed by atoms with Crippen molar-refractivity contribution >= 4 is 13.8 Å². The number of amides is 1. The number of rotatable bonds is 2. The van der Waals surface area contributed by atoms with E-state index in [0.717, 1.165) is 25.8 Å². The first-order chi connectivity index (χ1) is 5.66. The predicted molar refractivity (Wildman–Crippen MR) is 51.5 cm³/mol. The summed E-state index contributed by atoms with van der Waals surface area (Å²) in [5.41, 5.74) is 5.67. The summed E-state index contributed by atoms with van der Waals surface area (Å²) in [5.74, 6) is 0.526. The first-order valence-electron chi connectivity index (χ1n) is 4.73. The van der Waals surface area contributed by atoms with Crippen LogP contribution in [0.1, 0.15) is 26.2 Å². The van der Waals surface area contributed by atoms with Gasteiger partial charge in [0.2, 0.25) is 5.91 Å². The van der Waals surface area contributed by atoms with Crippen LogP contribution in [-0.2, 0) is 4.79 Å². The lowest BCUT2D eigenvalue weighted by Gasteiger charge is -2.24. The van der Waals surface area contributed by atoms with Gasteiger partial charge in [0.15, 0.2) is 0 Å². The Balaban J connectivity index is 2.51. The Kier molecular flexibility index (Phi) is 3.15. The summed E-state index contributed by atoms with van der Waals surface area (Å²) < 4.78 is 0. The van der Waals surface area contributed by atoms with Gasteiger partial charge in [-0.05, 0) is 25.2 Å². The minimum Gasteiger partial charge on any atom is -0.347 e. The Hall–Kier alpha value is -0.505. The fourth-order valence-corrected chi connectivity index (χ4v) is 1.65.